The summed E-state index contributed by atoms with van der Waals surface area (Å²) in [5, 5.41) is 6.06. The first-order chi connectivity index (χ1) is 12.6. The van der Waals surface area contributed by atoms with Gasteiger partial charge in [0.2, 0.25) is 0 Å². The molecule has 140 valence electrons. The van der Waals surface area contributed by atoms with E-state index < -0.39 is 0 Å². The summed E-state index contributed by atoms with van der Waals surface area (Å²) in [4.78, 5) is 19.2. The van der Waals surface area contributed by atoms with Crippen LogP contribution in [0.4, 0.5) is 0 Å². The van der Waals surface area contributed by atoms with Gasteiger partial charge in [-0.3, -0.25) is 9.69 Å². The summed E-state index contributed by atoms with van der Waals surface area (Å²) < 4.78 is 11.1. The molecule has 1 aliphatic heterocycles. The van der Waals surface area contributed by atoms with Crippen molar-refractivity contribution in [1.29, 1.82) is 0 Å². The maximum Gasteiger partial charge on any atom is 0.251 e. The average molecular weight is 375 g/mol. The smallest absolute Gasteiger partial charge is 0.251 e. The summed E-state index contributed by atoms with van der Waals surface area (Å²) in [5.41, 5.74) is 1.51. The molecule has 1 saturated heterocycles. The number of hydrogen-bond donors (Lipinski definition) is 1. The number of ether oxygens (including phenoxy) is 2. The van der Waals surface area contributed by atoms with Crippen LogP contribution in [0.15, 0.2) is 29.6 Å². The Morgan fingerprint density at radius 3 is 2.96 bits per heavy atom. The quantitative estimate of drug-likeness (QED) is 0.806. The van der Waals surface area contributed by atoms with Gasteiger partial charge < -0.3 is 14.8 Å². The zero-order valence-corrected chi connectivity index (χ0v) is 16.1. The zero-order valence-electron chi connectivity index (χ0n) is 15.2. The minimum Gasteiger partial charge on any atom is -0.487 e. The van der Waals surface area contributed by atoms with Crippen molar-refractivity contribution in [2.45, 2.75) is 26.5 Å². The Morgan fingerprint density at radius 2 is 2.23 bits per heavy atom. The van der Waals surface area contributed by atoms with E-state index in [0.717, 1.165) is 43.5 Å². The Morgan fingerprint density at radius 1 is 1.42 bits per heavy atom. The summed E-state index contributed by atoms with van der Waals surface area (Å²) in [5.74, 6) is 0.588. The molecule has 1 atom stereocenters. The van der Waals surface area contributed by atoms with Crippen molar-refractivity contribution in [3.63, 3.8) is 0 Å². The summed E-state index contributed by atoms with van der Waals surface area (Å²) in [7, 11) is 0. The Bertz CT molecular complexity index is 728. The zero-order chi connectivity index (χ0) is 18.4. The highest BCUT2D eigenvalue weighted by molar-refractivity contribution is 7.09. The highest BCUT2D eigenvalue weighted by Gasteiger charge is 2.16. The maximum absolute atomic E-state index is 12.5. The number of aromatic nitrogens is 1. The molecule has 1 aliphatic rings. The highest BCUT2D eigenvalue weighted by Crippen LogP contribution is 2.16. The summed E-state index contributed by atoms with van der Waals surface area (Å²) >= 11 is 1.60. The Hall–Kier alpha value is -1.96. The molecule has 1 unspecified atom stereocenters. The van der Waals surface area contributed by atoms with Crippen LogP contribution >= 0.6 is 11.3 Å². The Labute approximate surface area is 158 Å². The number of nitrogens with zero attached hydrogens (tertiary/aromatic N) is 2. The van der Waals surface area contributed by atoms with Gasteiger partial charge in [-0.25, -0.2) is 4.98 Å². The number of carbonyl (C=O) groups excluding carboxylic acids is 1. The number of carbonyl (C=O) groups is 1. The van der Waals surface area contributed by atoms with Gasteiger partial charge in [-0.2, -0.15) is 0 Å². The molecular weight excluding hydrogens is 350 g/mol. The van der Waals surface area contributed by atoms with Crippen molar-refractivity contribution in [3.8, 4) is 5.75 Å². The molecule has 3 rings (SSSR count). The summed E-state index contributed by atoms with van der Waals surface area (Å²) in [6.45, 7) is 8.59. The van der Waals surface area contributed by atoms with Gasteiger partial charge in [0, 0.05) is 36.6 Å². The van der Waals surface area contributed by atoms with Crippen LogP contribution in [0.25, 0.3) is 0 Å². The van der Waals surface area contributed by atoms with E-state index in [9.17, 15) is 4.79 Å². The van der Waals surface area contributed by atoms with E-state index in [-0.39, 0.29) is 11.9 Å². The van der Waals surface area contributed by atoms with Crippen LogP contribution in [0.1, 0.15) is 28.0 Å². The molecule has 1 N–H and O–H groups in total. The van der Waals surface area contributed by atoms with Gasteiger partial charge in [0.15, 0.2) is 0 Å². The lowest BCUT2D eigenvalue weighted by molar-refractivity contribution is 0.0342. The number of rotatable bonds is 7. The van der Waals surface area contributed by atoms with E-state index in [4.69, 9.17) is 9.47 Å². The van der Waals surface area contributed by atoms with E-state index in [1.807, 2.05) is 31.4 Å². The van der Waals surface area contributed by atoms with Crippen LogP contribution in [0, 0.1) is 6.92 Å². The predicted octanol–water partition coefficient (Wildman–Crippen LogP) is 2.48. The van der Waals surface area contributed by atoms with E-state index >= 15 is 0 Å². The molecule has 2 heterocycles. The second-order valence-corrected chi connectivity index (χ2v) is 7.52. The Balaban J connectivity index is 1.51. The first kappa shape index (κ1) is 18.8. The third-order valence-electron chi connectivity index (χ3n) is 4.16. The van der Waals surface area contributed by atoms with E-state index in [2.05, 4.69) is 15.2 Å². The molecule has 0 bridgehead atoms. The topological polar surface area (TPSA) is 63.7 Å². The van der Waals surface area contributed by atoms with Crippen molar-refractivity contribution in [3.05, 3.63) is 45.9 Å². The second kappa shape index (κ2) is 9.12. The van der Waals surface area contributed by atoms with Gasteiger partial charge in [0.1, 0.15) is 12.4 Å². The lowest BCUT2D eigenvalue weighted by Crippen LogP contribution is -2.46. The number of thiazole rings is 1. The van der Waals surface area contributed by atoms with Gasteiger partial charge in [-0.15, -0.1) is 11.3 Å². The number of benzene rings is 1. The van der Waals surface area contributed by atoms with Crippen LogP contribution < -0.4 is 10.1 Å². The van der Waals surface area contributed by atoms with Gasteiger partial charge in [-0.05, 0) is 32.0 Å². The molecule has 0 radical (unpaired) electrons. The van der Waals surface area contributed by atoms with Crippen molar-refractivity contribution in [2.24, 2.45) is 0 Å². The molecule has 0 spiro atoms. The molecular formula is C19H25N3O3S. The van der Waals surface area contributed by atoms with E-state index in [1.165, 1.54) is 0 Å². The van der Waals surface area contributed by atoms with Gasteiger partial charge in [-0.1, -0.05) is 6.07 Å². The van der Waals surface area contributed by atoms with Crippen LogP contribution in [0.5, 0.6) is 5.75 Å². The number of morpholine rings is 1. The minimum absolute atomic E-state index is 0.0724. The monoisotopic (exact) mass is 375 g/mol. The standard InChI is InChI=1S/C19H25N3O3S/c1-14(11-22-6-8-24-9-7-22)20-19(23)16-4-3-5-18(10-16)25-12-17-13-26-15(2)21-17/h3-5,10,13-14H,6-9,11-12H2,1-2H3,(H,20,23). The van der Waals surface area contributed by atoms with Crippen molar-refractivity contribution in [2.75, 3.05) is 32.8 Å². The molecule has 1 aromatic heterocycles. The largest absolute Gasteiger partial charge is 0.487 e. The molecule has 0 aliphatic carbocycles. The second-order valence-electron chi connectivity index (χ2n) is 6.46. The summed E-state index contributed by atoms with van der Waals surface area (Å²) in [6.07, 6.45) is 0. The minimum atomic E-state index is -0.0827. The number of nitrogens with one attached hydrogen (secondary N) is 1. The molecule has 1 aromatic carbocycles. The van der Waals surface area contributed by atoms with Crippen molar-refractivity contribution >= 4 is 17.2 Å². The maximum atomic E-state index is 12.5. The van der Waals surface area contributed by atoms with Gasteiger partial charge in [0.05, 0.1) is 23.9 Å². The first-order valence-electron chi connectivity index (χ1n) is 8.85. The lowest BCUT2D eigenvalue weighted by atomic mass is 10.2. The van der Waals surface area contributed by atoms with E-state index in [0.29, 0.717) is 17.9 Å². The normalized spacial score (nSPS) is 16.2. The number of hydrogen-bond acceptors (Lipinski definition) is 6. The SMILES string of the molecule is Cc1nc(COc2cccc(C(=O)NC(C)CN3CCOCC3)c2)cs1. The molecule has 26 heavy (non-hydrogen) atoms. The summed E-state index contributed by atoms with van der Waals surface area (Å²) in [6, 6.07) is 7.34. The van der Waals surface area contributed by atoms with Crippen LogP contribution in [0.2, 0.25) is 0 Å². The first-order valence-corrected chi connectivity index (χ1v) is 9.73. The lowest BCUT2D eigenvalue weighted by Gasteiger charge is -2.29. The fraction of sp³-hybridized carbons (Fsp3) is 0.474. The van der Waals surface area contributed by atoms with Crippen LogP contribution in [-0.4, -0.2) is 54.7 Å². The molecule has 7 heteroatoms. The third-order valence-corrected chi connectivity index (χ3v) is 4.99. The average Bonchev–Trinajstić information content (AvgIpc) is 3.06. The number of aryl methyl sites for hydroxylation is 1. The van der Waals surface area contributed by atoms with Crippen molar-refractivity contribution in [1.82, 2.24) is 15.2 Å². The fourth-order valence-corrected chi connectivity index (χ4v) is 3.48. The van der Waals surface area contributed by atoms with Crippen LogP contribution in [0.3, 0.4) is 0 Å². The molecule has 6 nitrogen and oxygen atoms in total. The highest BCUT2D eigenvalue weighted by atomic mass is 32.1. The molecule has 1 amide bonds. The molecule has 1 fully saturated rings. The fourth-order valence-electron chi connectivity index (χ4n) is 2.88. The van der Waals surface area contributed by atoms with Crippen LogP contribution in [-0.2, 0) is 11.3 Å². The number of amides is 1. The van der Waals surface area contributed by atoms with Crippen molar-refractivity contribution < 1.29 is 14.3 Å². The third kappa shape index (κ3) is 5.52. The van der Waals surface area contributed by atoms with Gasteiger partial charge >= 0.3 is 0 Å². The molecule has 2 aromatic rings. The van der Waals surface area contributed by atoms with Gasteiger partial charge in [0.25, 0.3) is 5.91 Å². The predicted molar refractivity (Wildman–Crippen MR) is 102 cm³/mol. The Kier molecular flexibility index (Phi) is 6.60. The van der Waals surface area contributed by atoms with E-state index in [1.54, 1.807) is 23.5 Å². The molecule has 0 saturated carbocycles.